The first-order valence-corrected chi connectivity index (χ1v) is 14.8. The van der Waals surface area contributed by atoms with Gasteiger partial charge in [-0.3, -0.25) is 0 Å². The summed E-state index contributed by atoms with van der Waals surface area (Å²) in [6.07, 6.45) is 0. The number of rotatable bonds is 0. The number of benzene rings is 2. The first kappa shape index (κ1) is 25.9. The Kier molecular flexibility index (Phi) is 5.69. The molecule has 188 valence electrons. The van der Waals surface area contributed by atoms with Crippen LogP contribution in [0.2, 0.25) is 40.2 Å². The normalized spacial score (nSPS) is 25.1. The van der Waals surface area contributed by atoms with Gasteiger partial charge in [0, 0.05) is 0 Å². The zero-order chi connectivity index (χ0) is 25.1. The van der Waals surface area contributed by atoms with Crippen LogP contribution in [-0.2, 0) is 9.05 Å². The molecule has 5 rings (SSSR count). The molecule has 2 aromatic carbocycles. The van der Waals surface area contributed by atoms with Crippen molar-refractivity contribution in [3.63, 3.8) is 0 Å². The SMILES string of the molecule is CC(C)(C)C1CO[P-]23(OC1)(Oc1c(Cl)c(Cl)c(Cl)c(Cl)c1O2)Oc1c(Cl)c(Cl)c(Cl)c(Cl)c1O3. The maximum absolute atomic E-state index is 6.43. The predicted octanol–water partition coefficient (Wildman–Crippen LogP) is 10.4. The van der Waals surface area contributed by atoms with Gasteiger partial charge in [0.15, 0.2) is 0 Å². The molecule has 0 radical (unpaired) electrons. The molecule has 1 spiro atoms. The van der Waals surface area contributed by atoms with E-state index in [4.69, 9.17) is 120 Å². The van der Waals surface area contributed by atoms with Crippen LogP contribution in [0.25, 0.3) is 0 Å². The summed E-state index contributed by atoms with van der Waals surface area (Å²) in [5.74, 6) is -0.781. The average Bonchev–Trinajstić information content (AvgIpc) is 3.25. The van der Waals surface area contributed by atoms with E-state index in [9.17, 15) is 0 Å². The summed E-state index contributed by atoms with van der Waals surface area (Å²) >= 11 is 50.7. The average molecular weight is 653 g/mol. The summed E-state index contributed by atoms with van der Waals surface area (Å²) in [4.78, 5) is 0. The molecule has 0 aromatic heterocycles. The van der Waals surface area contributed by atoms with Gasteiger partial charge in [-0.2, -0.15) is 0 Å². The third kappa shape index (κ3) is 3.28. The van der Waals surface area contributed by atoms with Gasteiger partial charge < -0.3 is 0 Å². The van der Waals surface area contributed by atoms with E-state index in [1.165, 1.54) is 0 Å². The Morgan fingerprint density at radius 1 is 0.529 bits per heavy atom. The van der Waals surface area contributed by atoms with Gasteiger partial charge >= 0.3 is 236 Å². The minimum atomic E-state index is -6.26. The molecule has 0 N–H and O–H groups in total. The molecule has 0 amide bonds. The van der Waals surface area contributed by atoms with Gasteiger partial charge in [-0.1, -0.05) is 0 Å². The summed E-state index contributed by atoms with van der Waals surface area (Å²) in [5, 5.41) is -0.892. The molecule has 3 aliphatic rings. The number of fused-ring (bicyclic) bond motifs is 2. The summed E-state index contributed by atoms with van der Waals surface area (Å²) in [7, 11) is -6.26. The third-order valence-corrected chi connectivity index (χ3v) is 12.9. The molecule has 3 aliphatic heterocycles. The summed E-state index contributed by atoms with van der Waals surface area (Å²) in [6.45, 7) is 6.10. The molecule has 0 bridgehead atoms. The number of hydrogen-bond acceptors (Lipinski definition) is 6. The molecular weight excluding hydrogens is 639 g/mol. The van der Waals surface area contributed by atoms with E-state index in [0.717, 1.165) is 0 Å². The quantitative estimate of drug-likeness (QED) is 0.160. The van der Waals surface area contributed by atoms with Crippen molar-refractivity contribution in [3.05, 3.63) is 40.2 Å². The van der Waals surface area contributed by atoms with Crippen LogP contribution in [0, 0.1) is 11.3 Å². The molecular formula is C19H14Cl8O6P-. The number of halogens is 8. The van der Waals surface area contributed by atoms with Gasteiger partial charge in [-0.05, 0) is 0 Å². The van der Waals surface area contributed by atoms with Gasteiger partial charge in [-0.25, -0.2) is 0 Å². The van der Waals surface area contributed by atoms with Gasteiger partial charge in [0.2, 0.25) is 0 Å². The number of hydrogen-bond donors (Lipinski definition) is 0. The summed E-state index contributed by atoms with van der Waals surface area (Å²) in [5.41, 5.74) is -0.228. The van der Waals surface area contributed by atoms with Crippen LogP contribution < -0.4 is 18.1 Å². The molecule has 0 aliphatic carbocycles. The van der Waals surface area contributed by atoms with E-state index >= 15 is 0 Å². The van der Waals surface area contributed by atoms with Crippen molar-refractivity contribution < 1.29 is 27.1 Å². The van der Waals surface area contributed by atoms with Crippen LogP contribution in [0.1, 0.15) is 20.8 Å². The second kappa shape index (κ2) is 7.45. The Morgan fingerprint density at radius 3 is 1.03 bits per heavy atom. The van der Waals surface area contributed by atoms with Crippen LogP contribution in [0.15, 0.2) is 0 Å². The van der Waals surface area contributed by atoms with Crippen LogP contribution >= 0.6 is 100 Å². The molecule has 1 fully saturated rings. The molecule has 6 nitrogen and oxygen atoms in total. The Balaban J connectivity index is 1.77. The van der Waals surface area contributed by atoms with Gasteiger partial charge in [0.05, 0.1) is 0 Å². The van der Waals surface area contributed by atoms with Crippen molar-refractivity contribution in [2.24, 2.45) is 11.3 Å². The van der Waals surface area contributed by atoms with Crippen LogP contribution in [-0.4, -0.2) is 13.2 Å². The maximum atomic E-state index is 6.43. The van der Waals surface area contributed by atoms with E-state index in [1.54, 1.807) is 0 Å². The third-order valence-electron chi connectivity index (χ3n) is 5.78. The van der Waals surface area contributed by atoms with Crippen LogP contribution in [0.3, 0.4) is 0 Å². The Labute approximate surface area is 234 Å². The van der Waals surface area contributed by atoms with E-state index in [2.05, 4.69) is 0 Å². The van der Waals surface area contributed by atoms with E-state index < -0.39 is 7.31 Å². The Morgan fingerprint density at radius 2 is 0.794 bits per heavy atom. The van der Waals surface area contributed by atoms with Crippen molar-refractivity contribution >= 4 is 100 Å². The molecule has 34 heavy (non-hydrogen) atoms. The van der Waals surface area contributed by atoms with Gasteiger partial charge in [0.1, 0.15) is 0 Å². The summed E-state index contributed by atoms with van der Waals surface area (Å²) in [6, 6.07) is 0. The second-order valence-electron chi connectivity index (χ2n) is 8.97. The monoisotopic (exact) mass is 649 g/mol. The van der Waals surface area contributed by atoms with E-state index in [0.29, 0.717) is 0 Å². The topological polar surface area (TPSA) is 55.4 Å². The zero-order valence-corrected chi connectivity index (χ0v) is 24.4. The Bertz CT molecular complexity index is 1130. The van der Waals surface area contributed by atoms with Gasteiger partial charge in [-0.15, -0.1) is 0 Å². The fourth-order valence-corrected chi connectivity index (χ4v) is 9.53. The van der Waals surface area contributed by atoms with Crippen molar-refractivity contribution in [3.8, 4) is 23.0 Å². The van der Waals surface area contributed by atoms with Crippen molar-refractivity contribution in [1.82, 2.24) is 0 Å². The van der Waals surface area contributed by atoms with Gasteiger partial charge in [0.25, 0.3) is 0 Å². The first-order valence-electron chi connectivity index (χ1n) is 9.61. The van der Waals surface area contributed by atoms with E-state index in [1.807, 2.05) is 20.8 Å². The first-order chi connectivity index (χ1) is 15.6. The second-order valence-corrected chi connectivity index (χ2v) is 15.5. The Hall–Kier alpha value is 0.310. The van der Waals surface area contributed by atoms with Crippen molar-refractivity contribution in [2.45, 2.75) is 20.8 Å². The zero-order valence-electron chi connectivity index (χ0n) is 17.4. The standard InChI is InChI=1S/C19H14Cl8O6P/c1-19(2,3)6-4-28-34(29-5-6,30-15-11(24)7(20)8(21)12(25)16(15)31-34)32-17-13(26)9(22)10(23)14(27)18(17)33-34/h6H,4-5H2,1-3H3/q-1. The van der Waals surface area contributed by atoms with Crippen molar-refractivity contribution in [2.75, 3.05) is 13.2 Å². The van der Waals surface area contributed by atoms with Crippen LogP contribution in [0.5, 0.6) is 23.0 Å². The van der Waals surface area contributed by atoms with Crippen molar-refractivity contribution in [1.29, 1.82) is 0 Å². The molecule has 1 saturated heterocycles. The van der Waals surface area contributed by atoms with Crippen LogP contribution in [0.4, 0.5) is 0 Å². The fraction of sp³-hybridized carbons (Fsp3) is 0.368. The molecule has 2 aromatic rings. The molecule has 0 atom stereocenters. The molecule has 3 heterocycles. The minimum absolute atomic E-state index is 0.0226. The predicted molar refractivity (Wildman–Crippen MR) is 137 cm³/mol. The fourth-order valence-electron chi connectivity index (χ4n) is 3.65. The molecule has 0 unspecified atom stereocenters. The molecule has 15 heteroatoms. The summed E-state index contributed by atoms with van der Waals surface area (Å²) < 4.78 is 37.4. The van der Waals surface area contributed by atoms with E-state index in [-0.39, 0.29) is 87.7 Å². The molecule has 0 saturated carbocycles.